The summed E-state index contributed by atoms with van der Waals surface area (Å²) in [6.07, 6.45) is 4.30. The number of carbonyl (C=O) groups is 1. The lowest BCUT2D eigenvalue weighted by molar-refractivity contribution is -0.121. The zero-order valence-corrected chi connectivity index (χ0v) is 15.8. The Morgan fingerprint density at radius 3 is 2.38 bits per heavy atom. The first-order valence-corrected chi connectivity index (χ1v) is 8.99. The molecule has 2 rings (SSSR count). The maximum absolute atomic E-state index is 12.4. The van der Waals surface area contributed by atoms with E-state index in [1.165, 1.54) is 0 Å². The molecule has 0 radical (unpaired) electrons. The van der Waals surface area contributed by atoms with E-state index in [1.807, 2.05) is 18.2 Å². The highest BCUT2D eigenvalue weighted by molar-refractivity contribution is 14.1. The smallest absolute Gasteiger partial charge is 0.227 e. The summed E-state index contributed by atoms with van der Waals surface area (Å²) in [7, 11) is 0. The standard InChI is InChI=1S/C17H23ClINO/c1-17(2,3)12-6-4-11(5-7-12)16(21)20-15-9-8-13(18)10-14(15)19/h8-12H,4-7H2,1-3H3,(H,20,21). The van der Waals surface area contributed by atoms with Gasteiger partial charge in [-0.1, -0.05) is 32.4 Å². The number of carbonyl (C=O) groups excluding carboxylic acids is 1. The van der Waals surface area contributed by atoms with Gasteiger partial charge in [-0.2, -0.15) is 0 Å². The monoisotopic (exact) mass is 419 g/mol. The molecule has 4 heteroatoms. The minimum atomic E-state index is 0.148. The second kappa shape index (κ2) is 6.86. The first-order chi connectivity index (χ1) is 9.77. The van der Waals surface area contributed by atoms with Gasteiger partial charge in [0.2, 0.25) is 5.91 Å². The fourth-order valence-corrected chi connectivity index (χ4v) is 4.05. The van der Waals surface area contributed by atoms with Gasteiger partial charge in [0.05, 0.1) is 5.69 Å². The summed E-state index contributed by atoms with van der Waals surface area (Å²) in [6, 6.07) is 5.56. The van der Waals surface area contributed by atoms with E-state index >= 15 is 0 Å². The van der Waals surface area contributed by atoms with Gasteiger partial charge in [0, 0.05) is 14.5 Å². The second-order valence-electron chi connectivity index (χ2n) is 7.03. The van der Waals surface area contributed by atoms with Crippen molar-refractivity contribution in [1.29, 1.82) is 0 Å². The summed E-state index contributed by atoms with van der Waals surface area (Å²) in [5.74, 6) is 1.04. The highest BCUT2D eigenvalue weighted by atomic mass is 127. The lowest BCUT2D eigenvalue weighted by atomic mass is 9.69. The predicted molar refractivity (Wildman–Crippen MR) is 97.7 cm³/mol. The average molecular weight is 420 g/mol. The highest BCUT2D eigenvalue weighted by Gasteiger charge is 2.32. The third kappa shape index (κ3) is 4.59. The largest absolute Gasteiger partial charge is 0.325 e. The van der Waals surface area contributed by atoms with E-state index in [4.69, 9.17) is 11.6 Å². The molecule has 1 aliphatic rings. The minimum absolute atomic E-state index is 0.148. The highest BCUT2D eigenvalue weighted by Crippen LogP contribution is 2.40. The van der Waals surface area contributed by atoms with Crippen molar-refractivity contribution in [3.8, 4) is 0 Å². The zero-order chi connectivity index (χ0) is 15.6. The number of amides is 1. The van der Waals surface area contributed by atoms with Crippen molar-refractivity contribution >= 4 is 45.8 Å². The molecule has 0 unspecified atom stereocenters. The van der Waals surface area contributed by atoms with Crippen LogP contribution in [0.3, 0.4) is 0 Å². The van der Waals surface area contributed by atoms with Crippen molar-refractivity contribution in [2.45, 2.75) is 46.5 Å². The normalized spacial score (nSPS) is 22.9. The number of hydrogen-bond donors (Lipinski definition) is 1. The fourth-order valence-electron chi connectivity index (χ4n) is 3.05. The third-order valence-corrected chi connectivity index (χ3v) is 5.64. The summed E-state index contributed by atoms with van der Waals surface area (Å²) in [4.78, 5) is 12.4. The lowest BCUT2D eigenvalue weighted by Gasteiger charge is -2.36. The van der Waals surface area contributed by atoms with Crippen molar-refractivity contribution < 1.29 is 4.79 Å². The molecule has 0 aliphatic heterocycles. The van der Waals surface area contributed by atoms with Crippen LogP contribution in [0.25, 0.3) is 0 Å². The summed E-state index contributed by atoms with van der Waals surface area (Å²) < 4.78 is 0.983. The molecular formula is C17H23ClINO. The molecule has 1 amide bonds. The Hall–Kier alpha value is -0.290. The van der Waals surface area contributed by atoms with Crippen LogP contribution in [0.1, 0.15) is 46.5 Å². The third-order valence-electron chi connectivity index (χ3n) is 4.51. The number of halogens is 2. The van der Waals surface area contributed by atoms with Crippen LogP contribution in [0, 0.1) is 20.8 Å². The molecule has 0 spiro atoms. The molecule has 0 heterocycles. The van der Waals surface area contributed by atoms with E-state index < -0.39 is 0 Å². The van der Waals surface area contributed by atoms with E-state index in [9.17, 15) is 4.79 Å². The molecule has 1 aromatic carbocycles. The van der Waals surface area contributed by atoms with E-state index in [2.05, 4.69) is 48.7 Å². The second-order valence-corrected chi connectivity index (χ2v) is 8.63. The molecule has 0 aromatic heterocycles. The number of anilines is 1. The van der Waals surface area contributed by atoms with E-state index in [0.717, 1.165) is 40.9 Å². The minimum Gasteiger partial charge on any atom is -0.325 e. The number of hydrogen-bond acceptors (Lipinski definition) is 1. The van der Waals surface area contributed by atoms with Crippen LogP contribution >= 0.6 is 34.2 Å². The van der Waals surface area contributed by atoms with Crippen molar-refractivity contribution in [3.05, 3.63) is 26.8 Å². The summed E-state index contributed by atoms with van der Waals surface area (Å²) >= 11 is 8.15. The Morgan fingerprint density at radius 1 is 1.24 bits per heavy atom. The Morgan fingerprint density at radius 2 is 1.86 bits per heavy atom. The Kier molecular flexibility index (Phi) is 5.58. The molecule has 0 bridgehead atoms. The van der Waals surface area contributed by atoms with Gasteiger partial charge >= 0.3 is 0 Å². The molecule has 1 N–H and O–H groups in total. The number of benzene rings is 1. The Bertz CT molecular complexity index is 516. The first kappa shape index (κ1) is 17.1. The van der Waals surface area contributed by atoms with Gasteiger partial charge in [0.1, 0.15) is 0 Å². The maximum atomic E-state index is 12.4. The molecule has 2 nitrogen and oxygen atoms in total. The van der Waals surface area contributed by atoms with Crippen LogP contribution in [0.5, 0.6) is 0 Å². The van der Waals surface area contributed by atoms with Gasteiger partial charge in [-0.25, -0.2) is 0 Å². The van der Waals surface area contributed by atoms with Gasteiger partial charge in [-0.3, -0.25) is 4.79 Å². The van der Waals surface area contributed by atoms with Crippen LogP contribution in [-0.4, -0.2) is 5.91 Å². The SMILES string of the molecule is CC(C)(C)C1CCC(C(=O)Nc2ccc(Cl)cc2I)CC1. The molecular weight excluding hydrogens is 397 g/mol. The van der Waals surface area contributed by atoms with Crippen molar-refractivity contribution in [2.75, 3.05) is 5.32 Å². The molecule has 0 saturated heterocycles. The van der Waals surface area contributed by atoms with Gasteiger partial charge < -0.3 is 5.32 Å². The molecule has 21 heavy (non-hydrogen) atoms. The van der Waals surface area contributed by atoms with E-state index in [-0.39, 0.29) is 11.8 Å². The van der Waals surface area contributed by atoms with E-state index in [1.54, 1.807) is 0 Å². The molecule has 1 aliphatic carbocycles. The summed E-state index contributed by atoms with van der Waals surface area (Å²) in [5.41, 5.74) is 1.22. The van der Waals surface area contributed by atoms with Gasteiger partial charge in [-0.05, 0) is 77.8 Å². The van der Waals surface area contributed by atoms with Crippen molar-refractivity contribution in [1.82, 2.24) is 0 Å². The van der Waals surface area contributed by atoms with Gasteiger partial charge in [-0.15, -0.1) is 0 Å². The van der Waals surface area contributed by atoms with Crippen LogP contribution in [0.4, 0.5) is 5.69 Å². The predicted octanol–water partition coefficient (Wildman–Crippen LogP) is 5.74. The number of rotatable bonds is 2. The fraction of sp³-hybridized carbons (Fsp3) is 0.588. The molecule has 116 valence electrons. The quantitative estimate of drug-likeness (QED) is 0.609. The van der Waals surface area contributed by atoms with Crippen molar-refractivity contribution in [3.63, 3.8) is 0 Å². The summed E-state index contributed by atoms with van der Waals surface area (Å²) in [5, 5.41) is 3.75. The van der Waals surface area contributed by atoms with Gasteiger partial charge in [0.25, 0.3) is 0 Å². The van der Waals surface area contributed by atoms with Crippen molar-refractivity contribution in [2.24, 2.45) is 17.3 Å². The van der Waals surface area contributed by atoms with E-state index in [0.29, 0.717) is 10.4 Å². The summed E-state index contributed by atoms with van der Waals surface area (Å²) in [6.45, 7) is 6.90. The molecule has 1 aromatic rings. The first-order valence-electron chi connectivity index (χ1n) is 7.53. The molecule has 1 saturated carbocycles. The van der Waals surface area contributed by atoms with Crippen LogP contribution in [0.2, 0.25) is 5.02 Å². The molecule has 0 atom stereocenters. The number of nitrogens with one attached hydrogen (secondary N) is 1. The Labute approximate surface area is 146 Å². The van der Waals surface area contributed by atoms with Crippen LogP contribution in [-0.2, 0) is 4.79 Å². The topological polar surface area (TPSA) is 29.1 Å². The van der Waals surface area contributed by atoms with Gasteiger partial charge in [0.15, 0.2) is 0 Å². The van der Waals surface area contributed by atoms with Crippen LogP contribution in [0.15, 0.2) is 18.2 Å². The Balaban J connectivity index is 1.93. The molecule has 1 fully saturated rings. The average Bonchev–Trinajstić information content (AvgIpc) is 2.41. The van der Waals surface area contributed by atoms with Crippen LogP contribution < -0.4 is 5.32 Å². The lowest BCUT2D eigenvalue weighted by Crippen LogP contribution is -2.31. The zero-order valence-electron chi connectivity index (χ0n) is 12.9. The maximum Gasteiger partial charge on any atom is 0.227 e.